The van der Waals surface area contributed by atoms with E-state index >= 15 is 0 Å². The fourth-order valence-corrected chi connectivity index (χ4v) is 1.65. The maximum absolute atomic E-state index is 5.72. The number of pyridine rings is 1. The second kappa shape index (κ2) is 4.48. The Morgan fingerprint density at radius 3 is 2.80 bits per heavy atom. The topological polar surface area (TPSA) is 48.1 Å². The van der Waals surface area contributed by atoms with Gasteiger partial charge in [-0.1, -0.05) is 6.07 Å². The van der Waals surface area contributed by atoms with Crippen molar-refractivity contribution in [2.45, 2.75) is 0 Å². The predicted molar refractivity (Wildman–Crippen MR) is 67.9 cm³/mol. The average molecular weight is 312 g/mol. The molecule has 0 unspecified atom stereocenters. The molecule has 1 aromatic carbocycles. The molecule has 0 aliphatic carbocycles. The maximum atomic E-state index is 5.72. The minimum atomic E-state index is 0.444. The summed E-state index contributed by atoms with van der Waals surface area (Å²) in [5, 5.41) is 0. The third kappa shape index (κ3) is 2.59. The Balaban J connectivity index is 2.26. The summed E-state index contributed by atoms with van der Waals surface area (Å²) < 4.78 is 6.66. The number of halogens is 1. The van der Waals surface area contributed by atoms with Crippen molar-refractivity contribution in [2.24, 2.45) is 0 Å². The van der Waals surface area contributed by atoms with E-state index in [-0.39, 0.29) is 0 Å². The van der Waals surface area contributed by atoms with Crippen LogP contribution in [-0.4, -0.2) is 4.98 Å². The Hall–Kier alpha value is -1.30. The summed E-state index contributed by atoms with van der Waals surface area (Å²) in [7, 11) is 0. The lowest BCUT2D eigenvalue weighted by molar-refractivity contribution is 0.465. The van der Waals surface area contributed by atoms with Gasteiger partial charge in [-0.2, -0.15) is 0 Å². The van der Waals surface area contributed by atoms with Crippen molar-refractivity contribution in [3.8, 4) is 11.6 Å². The van der Waals surface area contributed by atoms with Crippen LogP contribution in [0.3, 0.4) is 0 Å². The van der Waals surface area contributed by atoms with E-state index in [0.29, 0.717) is 11.6 Å². The zero-order valence-electron chi connectivity index (χ0n) is 7.85. The van der Waals surface area contributed by atoms with E-state index in [2.05, 4.69) is 27.6 Å². The first-order valence-corrected chi connectivity index (χ1v) is 5.47. The van der Waals surface area contributed by atoms with Crippen LogP contribution < -0.4 is 10.5 Å². The average Bonchev–Trinajstić information content (AvgIpc) is 2.22. The summed E-state index contributed by atoms with van der Waals surface area (Å²) in [6.07, 6.45) is 1.65. The number of nitrogens with zero attached hydrogens (tertiary/aromatic N) is 1. The number of rotatable bonds is 2. The summed E-state index contributed by atoms with van der Waals surface area (Å²) in [6.45, 7) is 0. The summed E-state index contributed by atoms with van der Waals surface area (Å²) in [4.78, 5) is 4.05. The van der Waals surface area contributed by atoms with E-state index in [1.54, 1.807) is 18.3 Å². The number of hydrogen-bond donors (Lipinski definition) is 1. The van der Waals surface area contributed by atoms with Crippen molar-refractivity contribution in [1.82, 2.24) is 4.98 Å². The molecule has 0 fully saturated rings. The lowest BCUT2D eigenvalue weighted by Gasteiger charge is -2.06. The molecule has 0 aliphatic rings. The van der Waals surface area contributed by atoms with Gasteiger partial charge < -0.3 is 10.5 Å². The van der Waals surface area contributed by atoms with Gasteiger partial charge in [-0.15, -0.1) is 0 Å². The summed E-state index contributed by atoms with van der Waals surface area (Å²) in [5.74, 6) is 1.19. The van der Waals surface area contributed by atoms with Crippen LogP contribution >= 0.6 is 22.6 Å². The highest BCUT2D eigenvalue weighted by Gasteiger charge is 2.02. The number of nitrogen functional groups attached to an aromatic ring is 1. The first-order chi connectivity index (χ1) is 7.25. The molecule has 0 atom stereocenters. The number of hydrogen-bond acceptors (Lipinski definition) is 3. The van der Waals surface area contributed by atoms with Gasteiger partial charge in [0, 0.05) is 9.77 Å². The molecular weight excluding hydrogens is 303 g/mol. The third-order valence-corrected chi connectivity index (χ3v) is 2.48. The van der Waals surface area contributed by atoms with Gasteiger partial charge in [-0.3, -0.25) is 0 Å². The van der Waals surface area contributed by atoms with Crippen molar-refractivity contribution < 1.29 is 4.74 Å². The van der Waals surface area contributed by atoms with Gasteiger partial charge in [-0.25, -0.2) is 4.98 Å². The standard InChI is InChI=1S/C11H9IN2O/c12-8-3-1-4-9(7-8)15-11-10(13)5-2-6-14-11/h1-7H,13H2. The first kappa shape index (κ1) is 10.2. The van der Waals surface area contributed by atoms with Crippen LogP contribution in [0.5, 0.6) is 11.6 Å². The van der Waals surface area contributed by atoms with E-state index in [4.69, 9.17) is 10.5 Å². The minimum absolute atomic E-state index is 0.444. The Morgan fingerprint density at radius 1 is 1.20 bits per heavy atom. The monoisotopic (exact) mass is 312 g/mol. The van der Waals surface area contributed by atoms with Crippen molar-refractivity contribution in [3.63, 3.8) is 0 Å². The van der Waals surface area contributed by atoms with Gasteiger partial charge in [0.1, 0.15) is 5.75 Å². The molecule has 2 rings (SSSR count). The SMILES string of the molecule is Nc1cccnc1Oc1cccc(I)c1. The van der Waals surface area contributed by atoms with Gasteiger partial charge in [-0.05, 0) is 52.9 Å². The minimum Gasteiger partial charge on any atom is -0.437 e. The van der Waals surface area contributed by atoms with Crippen LogP contribution in [0.25, 0.3) is 0 Å². The molecule has 0 aliphatic heterocycles. The van der Waals surface area contributed by atoms with Crippen molar-refractivity contribution >= 4 is 28.3 Å². The molecular formula is C11H9IN2O. The third-order valence-electron chi connectivity index (χ3n) is 1.81. The zero-order chi connectivity index (χ0) is 10.7. The summed E-state index contributed by atoms with van der Waals surface area (Å²) in [6, 6.07) is 11.3. The second-order valence-electron chi connectivity index (χ2n) is 2.96. The molecule has 0 amide bonds. The van der Waals surface area contributed by atoms with Gasteiger partial charge in [0.05, 0.1) is 5.69 Å². The van der Waals surface area contributed by atoms with E-state index in [9.17, 15) is 0 Å². The smallest absolute Gasteiger partial charge is 0.242 e. The lowest BCUT2D eigenvalue weighted by Crippen LogP contribution is -1.94. The molecule has 4 heteroatoms. The number of aromatic nitrogens is 1. The Morgan fingerprint density at radius 2 is 2.07 bits per heavy atom. The van der Waals surface area contributed by atoms with E-state index in [1.807, 2.05) is 24.3 Å². The Labute approximate surface area is 101 Å². The molecule has 1 aromatic heterocycles. The molecule has 3 nitrogen and oxygen atoms in total. The highest BCUT2D eigenvalue weighted by atomic mass is 127. The quantitative estimate of drug-likeness (QED) is 0.867. The lowest BCUT2D eigenvalue weighted by atomic mass is 10.3. The zero-order valence-corrected chi connectivity index (χ0v) is 10.0. The van der Waals surface area contributed by atoms with Crippen LogP contribution in [0.1, 0.15) is 0 Å². The van der Waals surface area contributed by atoms with E-state index in [1.165, 1.54) is 0 Å². The number of ether oxygens (including phenoxy) is 1. The van der Waals surface area contributed by atoms with Crippen LogP contribution in [-0.2, 0) is 0 Å². The van der Waals surface area contributed by atoms with Crippen molar-refractivity contribution in [2.75, 3.05) is 5.73 Å². The molecule has 0 radical (unpaired) electrons. The summed E-state index contributed by atoms with van der Waals surface area (Å²) in [5.41, 5.74) is 6.26. The van der Waals surface area contributed by atoms with Gasteiger partial charge in [0.15, 0.2) is 0 Å². The summed E-state index contributed by atoms with van der Waals surface area (Å²) >= 11 is 2.23. The molecule has 0 saturated carbocycles. The normalized spacial score (nSPS) is 9.93. The number of nitrogens with two attached hydrogens (primary N) is 1. The van der Waals surface area contributed by atoms with Crippen LogP contribution in [0.15, 0.2) is 42.6 Å². The molecule has 15 heavy (non-hydrogen) atoms. The van der Waals surface area contributed by atoms with Crippen LogP contribution in [0.2, 0.25) is 0 Å². The molecule has 1 heterocycles. The van der Waals surface area contributed by atoms with Crippen molar-refractivity contribution in [1.29, 1.82) is 0 Å². The molecule has 2 aromatic rings. The molecule has 76 valence electrons. The highest BCUT2D eigenvalue weighted by molar-refractivity contribution is 14.1. The first-order valence-electron chi connectivity index (χ1n) is 4.39. The van der Waals surface area contributed by atoms with Gasteiger partial charge in [0.25, 0.3) is 0 Å². The van der Waals surface area contributed by atoms with E-state index < -0.39 is 0 Å². The van der Waals surface area contributed by atoms with Gasteiger partial charge in [0.2, 0.25) is 5.88 Å². The van der Waals surface area contributed by atoms with Crippen LogP contribution in [0, 0.1) is 3.57 Å². The highest BCUT2D eigenvalue weighted by Crippen LogP contribution is 2.25. The largest absolute Gasteiger partial charge is 0.437 e. The molecule has 0 spiro atoms. The fourth-order valence-electron chi connectivity index (χ4n) is 1.13. The Bertz CT molecular complexity index is 474. The van der Waals surface area contributed by atoms with Gasteiger partial charge >= 0.3 is 0 Å². The number of benzene rings is 1. The second-order valence-corrected chi connectivity index (χ2v) is 4.20. The fraction of sp³-hybridized carbons (Fsp3) is 0. The Kier molecular flexibility index (Phi) is 3.05. The predicted octanol–water partition coefficient (Wildman–Crippen LogP) is 3.06. The molecule has 0 saturated heterocycles. The maximum Gasteiger partial charge on any atom is 0.242 e. The molecule has 2 N–H and O–H groups in total. The van der Waals surface area contributed by atoms with Crippen molar-refractivity contribution in [3.05, 3.63) is 46.2 Å². The van der Waals surface area contributed by atoms with E-state index in [0.717, 1.165) is 9.32 Å². The molecule has 0 bridgehead atoms. The number of anilines is 1. The van der Waals surface area contributed by atoms with Crippen LogP contribution in [0.4, 0.5) is 5.69 Å².